The molecule has 1 N–H and O–H groups in total. The molecule has 1 aliphatic rings. The van der Waals surface area contributed by atoms with E-state index in [2.05, 4.69) is 55.3 Å². The van der Waals surface area contributed by atoms with Crippen molar-refractivity contribution >= 4 is 33.6 Å². The Balaban J connectivity index is 1.40. The van der Waals surface area contributed by atoms with Gasteiger partial charge in [0.1, 0.15) is 5.75 Å². The zero-order valence-corrected chi connectivity index (χ0v) is 17.7. The van der Waals surface area contributed by atoms with Crippen molar-refractivity contribution in [1.29, 1.82) is 0 Å². The predicted molar refractivity (Wildman–Crippen MR) is 118 cm³/mol. The summed E-state index contributed by atoms with van der Waals surface area (Å²) in [5, 5.41) is 2.96. The topological polar surface area (TPSA) is 44.8 Å². The molecule has 0 radical (unpaired) electrons. The number of carbonyl (C=O) groups is 1. The monoisotopic (exact) mass is 443 g/mol. The van der Waals surface area contributed by atoms with Crippen molar-refractivity contribution in [3.05, 3.63) is 64.6 Å². The Kier molecular flexibility index (Phi) is 7.51. The molecule has 6 heteroatoms. The second-order valence-electron chi connectivity index (χ2n) is 6.67. The third-order valence-electron chi connectivity index (χ3n) is 4.83. The lowest BCUT2D eigenvalue weighted by atomic mass is 10.2. The number of hydrogen-bond donors (Lipinski definition) is 1. The first kappa shape index (κ1) is 20.4. The number of ether oxygens (including phenoxy) is 1. The van der Waals surface area contributed by atoms with Gasteiger partial charge in [0.15, 0.2) is 0 Å². The molecular weight excluding hydrogens is 418 g/mol. The van der Waals surface area contributed by atoms with Crippen LogP contribution in [0.3, 0.4) is 0 Å². The van der Waals surface area contributed by atoms with Gasteiger partial charge in [-0.25, -0.2) is 0 Å². The van der Waals surface area contributed by atoms with Crippen molar-refractivity contribution in [2.45, 2.75) is 0 Å². The molecule has 0 spiro atoms. The number of nitrogens with one attached hydrogen (secondary N) is 1. The average Bonchev–Trinajstić information content (AvgIpc) is 2.73. The van der Waals surface area contributed by atoms with Crippen LogP contribution >= 0.6 is 15.9 Å². The largest absolute Gasteiger partial charge is 0.496 e. The number of benzene rings is 2. The zero-order valence-electron chi connectivity index (χ0n) is 16.1. The number of anilines is 1. The number of piperazine rings is 1. The molecule has 5 nitrogen and oxygen atoms in total. The van der Waals surface area contributed by atoms with Gasteiger partial charge in [-0.05, 0) is 36.4 Å². The molecule has 28 heavy (non-hydrogen) atoms. The van der Waals surface area contributed by atoms with Gasteiger partial charge in [-0.3, -0.25) is 9.69 Å². The van der Waals surface area contributed by atoms with E-state index in [1.54, 1.807) is 19.3 Å². The number of methoxy groups -OCH3 is 1. The maximum Gasteiger partial charge on any atom is 0.244 e. The van der Waals surface area contributed by atoms with Crippen LogP contribution < -0.4 is 15.0 Å². The van der Waals surface area contributed by atoms with Crippen molar-refractivity contribution in [1.82, 2.24) is 10.2 Å². The van der Waals surface area contributed by atoms with Gasteiger partial charge < -0.3 is 15.0 Å². The normalized spacial score (nSPS) is 15.0. The van der Waals surface area contributed by atoms with E-state index < -0.39 is 0 Å². The summed E-state index contributed by atoms with van der Waals surface area (Å²) >= 11 is 3.44. The van der Waals surface area contributed by atoms with Gasteiger partial charge in [-0.1, -0.05) is 34.1 Å². The van der Waals surface area contributed by atoms with Crippen molar-refractivity contribution in [3.63, 3.8) is 0 Å². The minimum Gasteiger partial charge on any atom is -0.496 e. The molecule has 1 saturated heterocycles. The SMILES string of the molecule is COc1ccc(Br)cc1/C=C/C(=O)NCCN1CCN(c2ccccc2)CC1. The van der Waals surface area contributed by atoms with E-state index >= 15 is 0 Å². The quantitative estimate of drug-likeness (QED) is 0.665. The third-order valence-corrected chi connectivity index (χ3v) is 5.32. The Hall–Kier alpha value is -2.31. The van der Waals surface area contributed by atoms with E-state index in [9.17, 15) is 4.79 Å². The van der Waals surface area contributed by atoms with Gasteiger partial charge in [0.25, 0.3) is 0 Å². The molecule has 0 bridgehead atoms. The van der Waals surface area contributed by atoms with Gasteiger partial charge in [-0.15, -0.1) is 0 Å². The number of nitrogens with zero attached hydrogens (tertiary/aromatic N) is 2. The first-order valence-electron chi connectivity index (χ1n) is 9.47. The molecule has 3 rings (SSSR count). The summed E-state index contributed by atoms with van der Waals surface area (Å²) in [6, 6.07) is 16.2. The minimum absolute atomic E-state index is 0.0926. The fourth-order valence-electron chi connectivity index (χ4n) is 3.27. The van der Waals surface area contributed by atoms with Gasteiger partial charge in [0.05, 0.1) is 7.11 Å². The molecule has 2 aromatic rings. The Morgan fingerprint density at radius 3 is 2.61 bits per heavy atom. The molecule has 2 aromatic carbocycles. The highest BCUT2D eigenvalue weighted by atomic mass is 79.9. The highest BCUT2D eigenvalue weighted by molar-refractivity contribution is 9.10. The molecule has 0 atom stereocenters. The van der Waals surface area contributed by atoms with Crippen molar-refractivity contribution in [2.75, 3.05) is 51.3 Å². The van der Waals surface area contributed by atoms with Gasteiger partial charge in [0.2, 0.25) is 5.91 Å². The number of rotatable bonds is 7. The Bertz CT molecular complexity index is 803. The lowest BCUT2D eigenvalue weighted by Crippen LogP contribution is -2.48. The van der Waals surface area contributed by atoms with Crippen LogP contribution in [0.15, 0.2) is 59.1 Å². The molecule has 1 heterocycles. The highest BCUT2D eigenvalue weighted by Gasteiger charge is 2.16. The molecule has 0 saturated carbocycles. The standard InChI is InChI=1S/C22H26BrN3O2/c1-28-21-9-8-19(23)17-18(21)7-10-22(27)24-11-12-25-13-15-26(16-14-25)20-5-3-2-4-6-20/h2-10,17H,11-16H2,1H3,(H,24,27)/b10-7+. The first-order chi connectivity index (χ1) is 13.7. The summed E-state index contributed by atoms with van der Waals surface area (Å²) < 4.78 is 6.27. The molecule has 0 aliphatic carbocycles. The second-order valence-corrected chi connectivity index (χ2v) is 7.59. The fourth-order valence-corrected chi connectivity index (χ4v) is 3.64. The molecule has 148 valence electrons. The minimum atomic E-state index is -0.0926. The van der Waals surface area contributed by atoms with Crippen molar-refractivity contribution < 1.29 is 9.53 Å². The Morgan fingerprint density at radius 1 is 1.14 bits per heavy atom. The van der Waals surface area contributed by atoms with Crippen LogP contribution in [0.4, 0.5) is 5.69 Å². The summed E-state index contributed by atoms with van der Waals surface area (Å²) in [4.78, 5) is 16.9. The van der Waals surface area contributed by atoms with Crippen molar-refractivity contribution in [2.24, 2.45) is 0 Å². The van der Waals surface area contributed by atoms with E-state index in [4.69, 9.17) is 4.74 Å². The van der Waals surface area contributed by atoms with E-state index in [0.717, 1.165) is 48.5 Å². The number of carbonyl (C=O) groups excluding carboxylic acids is 1. The molecule has 1 amide bonds. The van der Waals surface area contributed by atoms with Crippen LogP contribution in [0.5, 0.6) is 5.75 Å². The fraction of sp³-hybridized carbons (Fsp3) is 0.318. The van der Waals surface area contributed by atoms with E-state index in [1.165, 1.54) is 5.69 Å². The van der Waals surface area contributed by atoms with Crippen LogP contribution in [0, 0.1) is 0 Å². The summed E-state index contributed by atoms with van der Waals surface area (Å²) in [6.45, 7) is 5.55. The molecular formula is C22H26BrN3O2. The summed E-state index contributed by atoms with van der Waals surface area (Å²) in [5.74, 6) is 0.647. The van der Waals surface area contributed by atoms with Crippen LogP contribution in [-0.2, 0) is 4.79 Å². The Labute approximate surface area is 175 Å². The maximum atomic E-state index is 12.1. The lowest BCUT2D eigenvalue weighted by molar-refractivity contribution is -0.116. The van der Waals surface area contributed by atoms with Gasteiger partial charge in [-0.2, -0.15) is 0 Å². The van der Waals surface area contributed by atoms with E-state index in [0.29, 0.717) is 6.54 Å². The van der Waals surface area contributed by atoms with Crippen molar-refractivity contribution in [3.8, 4) is 5.75 Å². The van der Waals surface area contributed by atoms with Crippen LogP contribution in [0.1, 0.15) is 5.56 Å². The number of amides is 1. The maximum absolute atomic E-state index is 12.1. The first-order valence-corrected chi connectivity index (χ1v) is 10.3. The number of hydrogen-bond acceptors (Lipinski definition) is 4. The van der Waals surface area contributed by atoms with Gasteiger partial charge in [0, 0.05) is 61.1 Å². The van der Waals surface area contributed by atoms with Crippen LogP contribution in [0.2, 0.25) is 0 Å². The number of halogens is 1. The van der Waals surface area contributed by atoms with E-state index in [1.807, 2.05) is 24.3 Å². The molecule has 1 fully saturated rings. The smallest absolute Gasteiger partial charge is 0.244 e. The van der Waals surface area contributed by atoms with E-state index in [-0.39, 0.29) is 5.91 Å². The zero-order chi connectivity index (χ0) is 19.8. The predicted octanol–water partition coefficient (Wildman–Crippen LogP) is 3.41. The van der Waals surface area contributed by atoms with Crippen LogP contribution in [-0.4, -0.2) is 57.2 Å². The second kappa shape index (κ2) is 10.3. The number of para-hydroxylation sites is 1. The van der Waals surface area contributed by atoms with Gasteiger partial charge >= 0.3 is 0 Å². The molecule has 1 aliphatic heterocycles. The van der Waals surface area contributed by atoms with Crippen LogP contribution in [0.25, 0.3) is 6.08 Å². The highest BCUT2D eigenvalue weighted by Crippen LogP contribution is 2.24. The summed E-state index contributed by atoms with van der Waals surface area (Å²) in [6.07, 6.45) is 3.33. The Morgan fingerprint density at radius 2 is 1.89 bits per heavy atom. The lowest BCUT2D eigenvalue weighted by Gasteiger charge is -2.36. The third kappa shape index (κ3) is 5.84. The average molecular weight is 444 g/mol. The summed E-state index contributed by atoms with van der Waals surface area (Å²) in [5.41, 5.74) is 2.15. The molecule has 0 aromatic heterocycles. The summed E-state index contributed by atoms with van der Waals surface area (Å²) in [7, 11) is 1.62. The molecule has 0 unspecified atom stereocenters.